The molecule has 1 N–H and O–H groups in total. The van der Waals surface area contributed by atoms with Crippen molar-refractivity contribution in [2.75, 3.05) is 20.8 Å². The summed E-state index contributed by atoms with van der Waals surface area (Å²) in [6.45, 7) is 2.85. The minimum atomic E-state index is 0.134. The molecule has 0 aliphatic heterocycles. The first-order valence-electron chi connectivity index (χ1n) is 4.98. The van der Waals surface area contributed by atoms with Crippen molar-refractivity contribution in [3.63, 3.8) is 0 Å². The first-order chi connectivity index (χ1) is 7.19. The number of methoxy groups -OCH3 is 1. The van der Waals surface area contributed by atoms with E-state index >= 15 is 0 Å². The number of aromatic nitrogens is 1. The molecule has 0 saturated heterocycles. The normalized spacial score (nSPS) is 12.9. The number of aliphatic hydroxyl groups excluding tert-OH is 1. The molecule has 0 amide bonds. The van der Waals surface area contributed by atoms with Crippen LogP contribution in [0.15, 0.2) is 18.3 Å². The largest absolute Gasteiger partial charge is 0.481 e. The van der Waals surface area contributed by atoms with Crippen LogP contribution in [0.5, 0.6) is 5.88 Å². The van der Waals surface area contributed by atoms with Crippen molar-refractivity contribution in [3.8, 4) is 5.88 Å². The molecule has 1 heterocycles. The van der Waals surface area contributed by atoms with E-state index in [2.05, 4.69) is 9.88 Å². The zero-order valence-electron chi connectivity index (χ0n) is 9.47. The van der Waals surface area contributed by atoms with E-state index in [1.807, 2.05) is 26.1 Å². The highest BCUT2D eigenvalue weighted by Crippen LogP contribution is 2.16. The van der Waals surface area contributed by atoms with Crippen molar-refractivity contribution in [2.45, 2.75) is 19.5 Å². The highest BCUT2D eigenvalue weighted by molar-refractivity contribution is 5.25. The van der Waals surface area contributed by atoms with E-state index in [4.69, 9.17) is 9.84 Å². The minimum Gasteiger partial charge on any atom is -0.481 e. The van der Waals surface area contributed by atoms with Crippen LogP contribution in [0.25, 0.3) is 0 Å². The van der Waals surface area contributed by atoms with Gasteiger partial charge in [-0.05, 0) is 20.0 Å². The molecule has 0 bridgehead atoms. The molecule has 1 aromatic heterocycles. The fourth-order valence-corrected chi connectivity index (χ4v) is 1.29. The highest BCUT2D eigenvalue weighted by Gasteiger charge is 2.11. The number of hydrogen-bond donors (Lipinski definition) is 1. The predicted molar refractivity (Wildman–Crippen MR) is 58.8 cm³/mol. The third-order valence-corrected chi connectivity index (χ3v) is 2.48. The molecule has 0 radical (unpaired) electrons. The maximum absolute atomic E-state index is 9.02. The van der Waals surface area contributed by atoms with Crippen LogP contribution in [0.2, 0.25) is 0 Å². The fourth-order valence-electron chi connectivity index (χ4n) is 1.29. The molecule has 1 atom stereocenters. The van der Waals surface area contributed by atoms with E-state index < -0.39 is 0 Å². The Kier molecular flexibility index (Phi) is 4.52. The molecule has 4 nitrogen and oxygen atoms in total. The number of pyridine rings is 1. The van der Waals surface area contributed by atoms with Gasteiger partial charge in [0, 0.05) is 24.3 Å². The summed E-state index contributed by atoms with van der Waals surface area (Å²) in [5.41, 5.74) is 1.03. The molecule has 0 fully saturated rings. The summed E-state index contributed by atoms with van der Waals surface area (Å²) in [6.07, 6.45) is 1.71. The van der Waals surface area contributed by atoms with Crippen molar-refractivity contribution < 1.29 is 9.84 Å². The maximum Gasteiger partial charge on any atom is 0.217 e. The Morgan fingerprint density at radius 2 is 2.33 bits per heavy atom. The molecule has 0 spiro atoms. The first-order valence-corrected chi connectivity index (χ1v) is 4.98. The highest BCUT2D eigenvalue weighted by atomic mass is 16.5. The van der Waals surface area contributed by atoms with Gasteiger partial charge in [0.25, 0.3) is 0 Å². The van der Waals surface area contributed by atoms with Crippen LogP contribution in [0, 0.1) is 0 Å². The van der Waals surface area contributed by atoms with E-state index in [1.54, 1.807) is 13.3 Å². The van der Waals surface area contributed by atoms with Gasteiger partial charge in [-0.25, -0.2) is 4.98 Å². The summed E-state index contributed by atoms with van der Waals surface area (Å²) in [4.78, 5) is 6.18. The van der Waals surface area contributed by atoms with Crippen LogP contribution in [-0.2, 0) is 6.54 Å². The summed E-state index contributed by atoms with van der Waals surface area (Å²) in [5, 5.41) is 9.02. The van der Waals surface area contributed by atoms with Gasteiger partial charge >= 0.3 is 0 Å². The molecule has 0 saturated carbocycles. The van der Waals surface area contributed by atoms with E-state index in [0.717, 1.165) is 12.1 Å². The lowest BCUT2D eigenvalue weighted by atomic mass is 10.2. The van der Waals surface area contributed by atoms with E-state index in [9.17, 15) is 0 Å². The summed E-state index contributed by atoms with van der Waals surface area (Å²) < 4.78 is 5.16. The number of hydrogen-bond acceptors (Lipinski definition) is 4. The van der Waals surface area contributed by atoms with Crippen molar-refractivity contribution in [3.05, 3.63) is 23.9 Å². The van der Waals surface area contributed by atoms with E-state index in [1.165, 1.54) is 0 Å². The first kappa shape index (κ1) is 11.9. The second kappa shape index (κ2) is 5.68. The van der Waals surface area contributed by atoms with Gasteiger partial charge in [0.15, 0.2) is 0 Å². The summed E-state index contributed by atoms with van der Waals surface area (Å²) in [5.74, 6) is 0.648. The lowest BCUT2D eigenvalue weighted by Crippen LogP contribution is -2.31. The van der Waals surface area contributed by atoms with Gasteiger partial charge in [-0.2, -0.15) is 0 Å². The number of likely N-dealkylation sites (N-methyl/N-ethyl adjacent to an activating group) is 1. The molecule has 0 aromatic carbocycles. The van der Waals surface area contributed by atoms with Crippen LogP contribution < -0.4 is 4.74 Å². The van der Waals surface area contributed by atoms with Crippen molar-refractivity contribution in [1.29, 1.82) is 0 Å². The lowest BCUT2D eigenvalue weighted by molar-refractivity contribution is 0.152. The van der Waals surface area contributed by atoms with Crippen LogP contribution in [0.3, 0.4) is 0 Å². The second-order valence-corrected chi connectivity index (χ2v) is 3.62. The monoisotopic (exact) mass is 210 g/mol. The maximum atomic E-state index is 9.02. The number of aliphatic hydroxyl groups is 1. The third kappa shape index (κ3) is 3.18. The molecule has 1 aromatic rings. The second-order valence-electron chi connectivity index (χ2n) is 3.62. The Balaban J connectivity index is 2.71. The predicted octanol–water partition coefficient (Wildman–Crippen LogP) is 0.903. The SMILES string of the molecule is COc1ncccc1CN(C)C(C)CO. The van der Waals surface area contributed by atoms with Crippen LogP contribution in [0.4, 0.5) is 0 Å². The van der Waals surface area contributed by atoms with Gasteiger partial charge in [0.2, 0.25) is 5.88 Å². The van der Waals surface area contributed by atoms with Crippen molar-refractivity contribution in [1.82, 2.24) is 9.88 Å². The van der Waals surface area contributed by atoms with E-state index in [0.29, 0.717) is 5.88 Å². The average molecular weight is 210 g/mol. The molecule has 0 aliphatic carbocycles. The van der Waals surface area contributed by atoms with Gasteiger partial charge < -0.3 is 9.84 Å². The summed E-state index contributed by atoms with van der Waals surface area (Å²) in [7, 11) is 3.58. The summed E-state index contributed by atoms with van der Waals surface area (Å²) >= 11 is 0. The topological polar surface area (TPSA) is 45.6 Å². The van der Waals surface area contributed by atoms with Crippen LogP contribution in [0.1, 0.15) is 12.5 Å². The van der Waals surface area contributed by atoms with Gasteiger partial charge in [-0.15, -0.1) is 0 Å². The standard InChI is InChI=1S/C11H18N2O2/c1-9(8-14)13(2)7-10-5-4-6-12-11(10)15-3/h4-6,9,14H,7-8H2,1-3H3. The number of ether oxygens (including phenoxy) is 1. The smallest absolute Gasteiger partial charge is 0.217 e. The zero-order valence-corrected chi connectivity index (χ0v) is 9.47. The number of rotatable bonds is 5. The molecule has 0 aliphatic rings. The van der Waals surface area contributed by atoms with Gasteiger partial charge in [-0.3, -0.25) is 4.90 Å². The molecule has 15 heavy (non-hydrogen) atoms. The van der Waals surface area contributed by atoms with Gasteiger partial charge in [-0.1, -0.05) is 6.07 Å². The third-order valence-electron chi connectivity index (χ3n) is 2.48. The van der Waals surface area contributed by atoms with Crippen molar-refractivity contribution >= 4 is 0 Å². The van der Waals surface area contributed by atoms with Crippen LogP contribution in [-0.4, -0.2) is 41.8 Å². The molecular formula is C11H18N2O2. The van der Waals surface area contributed by atoms with Crippen molar-refractivity contribution in [2.24, 2.45) is 0 Å². The molecule has 1 rings (SSSR count). The Bertz CT molecular complexity index is 304. The average Bonchev–Trinajstić information content (AvgIpc) is 2.28. The zero-order chi connectivity index (χ0) is 11.3. The molecule has 4 heteroatoms. The van der Waals surface area contributed by atoms with Gasteiger partial charge in [0.05, 0.1) is 13.7 Å². The fraction of sp³-hybridized carbons (Fsp3) is 0.545. The minimum absolute atomic E-state index is 0.134. The van der Waals surface area contributed by atoms with Gasteiger partial charge in [0.1, 0.15) is 0 Å². The Hall–Kier alpha value is -1.13. The van der Waals surface area contributed by atoms with Crippen LogP contribution >= 0.6 is 0 Å². The molecule has 1 unspecified atom stereocenters. The molecule has 84 valence electrons. The Labute approximate surface area is 90.5 Å². The quantitative estimate of drug-likeness (QED) is 0.784. The number of nitrogens with zero attached hydrogens (tertiary/aromatic N) is 2. The summed E-state index contributed by atoms with van der Waals surface area (Å²) in [6, 6.07) is 4.00. The Morgan fingerprint density at radius 1 is 1.60 bits per heavy atom. The Morgan fingerprint density at radius 3 is 2.93 bits per heavy atom. The molecular weight excluding hydrogens is 192 g/mol. The lowest BCUT2D eigenvalue weighted by Gasteiger charge is -2.23. The van der Waals surface area contributed by atoms with E-state index in [-0.39, 0.29) is 12.6 Å².